The van der Waals surface area contributed by atoms with Gasteiger partial charge in [0, 0.05) is 32.6 Å². The van der Waals surface area contributed by atoms with E-state index >= 15 is 0 Å². The first-order valence-corrected chi connectivity index (χ1v) is 12.6. The average Bonchev–Trinajstić information content (AvgIpc) is 2.87. The number of aryl methyl sites for hydroxylation is 1. The largest absolute Gasteiger partial charge is 0.345 e. The monoisotopic (exact) mass is 495 g/mol. The molecular formula is C28H41N5O3. The molecule has 0 heterocycles. The molecule has 0 bridgehead atoms. The minimum Gasteiger partial charge on any atom is -0.345 e. The van der Waals surface area contributed by atoms with Crippen LogP contribution in [0.2, 0.25) is 0 Å². The van der Waals surface area contributed by atoms with E-state index in [9.17, 15) is 14.4 Å². The molecular weight excluding hydrogens is 454 g/mol. The van der Waals surface area contributed by atoms with Gasteiger partial charge in [0.1, 0.15) is 0 Å². The van der Waals surface area contributed by atoms with Gasteiger partial charge >= 0.3 is 0 Å². The summed E-state index contributed by atoms with van der Waals surface area (Å²) in [6.45, 7) is 5.52. The van der Waals surface area contributed by atoms with Gasteiger partial charge < -0.3 is 27.4 Å². The second-order valence-electron chi connectivity index (χ2n) is 9.39. The van der Waals surface area contributed by atoms with Gasteiger partial charge in [-0.1, -0.05) is 68.4 Å². The van der Waals surface area contributed by atoms with E-state index in [1.807, 2.05) is 54.6 Å². The van der Waals surface area contributed by atoms with Crippen LogP contribution in [0.1, 0.15) is 49.3 Å². The van der Waals surface area contributed by atoms with E-state index in [4.69, 9.17) is 17.2 Å². The number of hydrogen-bond donors (Lipinski definition) is 4. The zero-order valence-corrected chi connectivity index (χ0v) is 21.5. The molecule has 8 nitrogen and oxygen atoms in total. The van der Waals surface area contributed by atoms with Crippen LogP contribution in [0.15, 0.2) is 54.6 Å². The van der Waals surface area contributed by atoms with E-state index in [1.165, 1.54) is 10.5 Å². The lowest BCUT2D eigenvalue weighted by molar-refractivity contribution is -0.134. The molecule has 0 radical (unpaired) electrons. The quantitative estimate of drug-likeness (QED) is 0.295. The van der Waals surface area contributed by atoms with Crippen LogP contribution in [0.3, 0.4) is 0 Å². The number of nitrogens with zero attached hydrogens (tertiary/aromatic N) is 1. The molecule has 2 aromatic carbocycles. The van der Waals surface area contributed by atoms with E-state index in [0.717, 1.165) is 11.1 Å². The predicted octanol–water partition coefficient (Wildman–Crippen LogP) is 1.50. The fourth-order valence-corrected chi connectivity index (χ4v) is 3.98. The van der Waals surface area contributed by atoms with Crippen LogP contribution < -0.4 is 22.5 Å². The molecule has 36 heavy (non-hydrogen) atoms. The maximum atomic E-state index is 13.3. The molecule has 7 N–H and O–H groups in total. The van der Waals surface area contributed by atoms with Gasteiger partial charge in [-0.05, 0) is 35.4 Å². The number of carbonyl (C=O) groups is 3. The van der Waals surface area contributed by atoms with Crippen LogP contribution in [-0.4, -0.2) is 60.8 Å². The highest BCUT2D eigenvalue weighted by Crippen LogP contribution is 2.16. The molecule has 0 aromatic heterocycles. The number of benzene rings is 2. The van der Waals surface area contributed by atoms with Crippen LogP contribution >= 0.6 is 0 Å². The number of nitrogens with two attached hydrogens (primary N) is 3. The van der Waals surface area contributed by atoms with Gasteiger partial charge in [-0.3, -0.25) is 14.4 Å². The topological polar surface area (TPSA) is 145 Å². The average molecular weight is 496 g/mol. The molecule has 2 rings (SSSR count). The molecule has 0 unspecified atom stereocenters. The summed E-state index contributed by atoms with van der Waals surface area (Å²) >= 11 is 0. The summed E-state index contributed by atoms with van der Waals surface area (Å²) in [6, 6.07) is 16.0. The summed E-state index contributed by atoms with van der Waals surface area (Å²) in [4.78, 5) is 40.2. The molecule has 0 saturated carbocycles. The van der Waals surface area contributed by atoms with Gasteiger partial charge in [0.2, 0.25) is 11.8 Å². The van der Waals surface area contributed by atoms with Crippen molar-refractivity contribution in [1.29, 1.82) is 0 Å². The molecule has 2 atom stereocenters. The predicted molar refractivity (Wildman–Crippen MR) is 143 cm³/mol. The number of rotatable bonds is 15. The van der Waals surface area contributed by atoms with Gasteiger partial charge in [-0.25, -0.2) is 0 Å². The summed E-state index contributed by atoms with van der Waals surface area (Å²) in [7, 11) is 0. The molecule has 0 saturated heterocycles. The summed E-state index contributed by atoms with van der Waals surface area (Å²) in [6.07, 6.45) is 1.08. The van der Waals surface area contributed by atoms with Gasteiger partial charge in [0.15, 0.2) is 5.78 Å². The highest BCUT2D eigenvalue weighted by molar-refractivity contribution is 5.93. The smallest absolute Gasteiger partial charge is 0.238 e. The molecule has 0 aliphatic rings. The van der Waals surface area contributed by atoms with Crippen molar-refractivity contribution in [2.24, 2.45) is 17.2 Å². The summed E-state index contributed by atoms with van der Waals surface area (Å²) in [5.41, 5.74) is 20.4. The number of amides is 2. The second-order valence-corrected chi connectivity index (χ2v) is 9.39. The number of nitrogens with one attached hydrogen (secondary N) is 1. The standard InChI is InChI=1S/C28H41N5O3/c1-20(2)23-11-8-22(9-12-23)18-26(34)25(13-10-21-6-4-3-5-7-21)32-28(36)24(31)19-27(35)33(16-14-29)17-15-30/h3-9,11-12,20,24-25H,10,13-19,29-31H2,1-2H3,(H,32,36)/t24-,25-/m0/s1. The molecule has 2 amide bonds. The second kappa shape index (κ2) is 15.1. The SMILES string of the molecule is CC(C)c1ccc(CC(=O)[C@H](CCc2ccccc2)NC(=O)[C@@H](N)CC(=O)N(CCN)CCN)cc1. The Labute approximate surface area is 214 Å². The van der Waals surface area contributed by atoms with Crippen LogP contribution in [0.25, 0.3) is 0 Å². The first-order valence-electron chi connectivity index (χ1n) is 12.6. The van der Waals surface area contributed by atoms with Crippen molar-refractivity contribution in [3.05, 3.63) is 71.3 Å². The first kappa shape index (κ1) is 29.2. The Hall–Kier alpha value is -3.07. The minimum atomic E-state index is -1.08. The number of carbonyl (C=O) groups excluding carboxylic acids is 3. The number of Topliss-reactive ketones (excluding diaryl/α,β-unsaturated/α-hetero) is 1. The molecule has 0 aliphatic carbocycles. The van der Waals surface area contributed by atoms with Crippen molar-refractivity contribution in [2.45, 2.75) is 57.5 Å². The first-order chi connectivity index (χ1) is 17.2. The Balaban J connectivity index is 2.08. The third-order valence-electron chi connectivity index (χ3n) is 6.18. The molecule has 0 aliphatic heterocycles. The normalized spacial score (nSPS) is 12.7. The maximum Gasteiger partial charge on any atom is 0.238 e. The Morgan fingerprint density at radius 1 is 0.889 bits per heavy atom. The van der Waals surface area contributed by atoms with Crippen LogP contribution in [0, 0.1) is 0 Å². The number of hydrogen-bond acceptors (Lipinski definition) is 6. The molecule has 2 aromatic rings. The lowest BCUT2D eigenvalue weighted by Crippen LogP contribution is -2.51. The summed E-state index contributed by atoms with van der Waals surface area (Å²) in [5, 5.41) is 2.81. The Morgan fingerprint density at radius 3 is 2.06 bits per heavy atom. The zero-order chi connectivity index (χ0) is 26.5. The fraction of sp³-hybridized carbons (Fsp3) is 0.464. The van der Waals surface area contributed by atoms with Gasteiger partial charge in [-0.15, -0.1) is 0 Å². The van der Waals surface area contributed by atoms with E-state index in [2.05, 4.69) is 19.2 Å². The molecule has 0 spiro atoms. The zero-order valence-electron chi connectivity index (χ0n) is 21.5. The third kappa shape index (κ3) is 9.53. The molecule has 196 valence electrons. The van der Waals surface area contributed by atoms with Gasteiger partial charge in [0.05, 0.1) is 18.5 Å². The minimum absolute atomic E-state index is 0.0944. The van der Waals surface area contributed by atoms with E-state index < -0.39 is 18.0 Å². The van der Waals surface area contributed by atoms with Crippen molar-refractivity contribution in [3.8, 4) is 0 Å². The van der Waals surface area contributed by atoms with Crippen LogP contribution in [0.4, 0.5) is 0 Å². The highest BCUT2D eigenvalue weighted by Gasteiger charge is 2.26. The van der Waals surface area contributed by atoms with Crippen LogP contribution in [0.5, 0.6) is 0 Å². The van der Waals surface area contributed by atoms with Crippen molar-refractivity contribution in [1.82, 2.24) is 10.2 Å². The maximum absolute atomic E-state index is 13.3. The van der Waals surface area contributed by atoms with Crippen molar-refractivity contribution in [3.63, 3.8) is 0 Å². The van der Waals surface area contributed by atoms with Crippen molar-refractivity contribution < 1.29 is 14.4 Å². The Bertz CT molecular complexity index is 957. The lowest BCUT2D eigenvalue weighted by Gasteiger charge is -2.24. The number of ketones is 1. The Kier molecular flexibility index (Phi) is 12.3. The molecule has 0 fully saturated rings. The Morgan fingerprint density at radius 2 is 1.50 bits per heavy atom. The summed E-state index contributed by atoms with van der Waals surface area (Å²) in [5.74, 6) is -0.498. The third-order valence-corrected chi connectivity index (χ3v) is 6.18. The molecule has 8 heteroatoms. The van der Waals surface area contributed by atoms with Crippen molar-refractivity contribution >= 4 is 17.6 Å². The highest BCUT2D eigenvalue weighted by atomic mass is 16.2. The fourth-order valence-electron chi connectivity index (χ4n) is 3.98. The van der Waals surface area contributed by atoms with Crippen LogP contribution in [-0.2, 0) is 27.2 Å². The van der Waals surface area contributed by atoms with Crippen molar-refractivity contribution in [2.75, 3.05) is 26.2 Å². The van der Waals surface area contributed by atoms with Gasteiger partial charge in [-0.2, -0.15) is 0 Å². The summed E-state index contributed by atoms with van der Waals surface area (Å²) < 4.78 is 0. The van der Waals surface area contributed by atoms with E-state index in [-0.39, 0.29) is 24.5 Å². The lowest BCUT2D eigenvalue weighted by atomic mass is 9.95. The van der Waals surface area contributed by atoms with Gasteiger partial charge in [0.25, 0.3) is 0 Å². The van der Waals surface area contributed by atoms with E-state index in [1.54, 1.807) is 0 Å². The van der Waals surface area contributed by atoms with E-state index in [0.29, 0.717) is 44.9 Å².